The van der Waals surface area contributed by atoms with E-state index >= 15 is 0 Å². The van der Waals surface area contributed by atoms with Gasteiger partial charge >= 0.3 is 5.97 Å². The Labute approximate surface area is 224 Å². The van der Waals surface area contributed by atoms with Crippen molar-refractivity contribution in [1.29, 1.82) is 0 Å². The summed E-state index contributed by atoms with van der Waals surface area (Å²) in [6.45, 7) is 6.09. The summed E-state index contributed by atoms with van der Waals surface area (Å²) in [6.07, 6.45) is 2.35. The van der Waals surface area contributed by atoms with Crippen LogP contribution in [0.2, 0.25) is 0 Å². The van der Waals surface area contributed by atoms with E-state index < -0.39 is 17.9 Å². The molecular weight excluding hydrogens is 488 g/mol. The number of benzene rings is 2. The standard InChI is InChI=1S/C29H38N2O7/c1-4-13-31(38-14-5-2)27(32)18-30-17-22(20-10-11-24-21(16-20)12-15-36-24)28(29(33)34)23(30)19-37-26-9-7-6-8-25(26)35-3/h6-11,16,22-23,28H,4-5,12-15,17-19H2,1-3H3,(H,33,34)/t22-,23+,28-/m1/s1. The molecule has 2 aliphatic heterocycles. The van der Waals surface area contributed by atoms with Crippen LogP contribution in [0.15, 0.2) is 42.5 Å². The van der Waals surface area contributed by atoms with Gasteiger partial charge < -0.3 is 19.3 Å². The summed E-state index contributed by atoms with van der Waals surface area (Å²) in [4.78, 5) is 33.7. The molecule has 9 nitrogen and oxygen atoms in total. The number of amides is 1. The number of carboxylic acid groups (broad SMARTS) is 1. The van der Waals surface area contributed by atoms with Gasteiger partial charge in [-0.15, -0.1) is 0 Å². The van der Waals surface area contributed by atoms with Crippen LogP contribution in [0.4, 0.5) is 0 Å². The van der Waals surface area contributed by atoms with Crippen LogP contribution >= 0.6 is 0 Å². The minimum Gasteiger partial charge on any atom is -0.493 e. The number of aliphatic carboxylic acids is 1. The van der Waals surface area contributed by atoms with Gasteiger partial charge in [0.05, 0.1) is 38.8 Å². The number of rotatable bonds is 13. The van der Waals surface area contributed by atoms with Gasteiger partial charge in [-0.1, -0.05) is 38.1 Å². The summed E-state index contributed by atoms with van der Waals surface area (Å²) in [5.41, 5.74) is 2.02. The van der Waals surface area contributed by atoms with E-state index in [9.17, 15) is 14.7 Å². The van der Waals surface area contributed by atoms with Crippen molar-refractivity contribution in [3.63, 3.8) is 0 Å². The largest absolute Gasteiger partial charge is 0.493 e. The third kappa shape index (κ3) is 6.22. The zero-order chi connectivity index (χ0) is 27.1. The van der Waals surface area contributed by atoms with E-state index in [1.54, 1.807) is 19.2 Å². The zero-order valence-corrected chi connectivity index (χ0v) is 22.4. The highest BCUT2D eigenvalue weighted by atomic mass is 16.7. The SMILES string of the molecule is CCCON(CCC)C(=O)CN1C[C@H](c2ccc3c(c2)CCO3)[C@@H](C(=O)O)[C@@H]1COc1ccccc1OC. The van der Waals surface area contributed by atoms with E-state index in [1.165, 1.54) is 5.06 Å². The second-order valence-corrected chi connectivity index (χ2v) is 9.72. The predicted molar refractivity (Wildman–Crippen MR) is 142 cm³/mol. The molecule has 0 radical (unpaired) electrons. The molecule has 0 saturated carbocycles. The molecule has 1 saturated heterocycles. The number of hydroxylamine groups is 2. The summed E-state index contributed by atoms with van der Waals surface area (Å²) in [5, 5.41) is 11.8. The number of hydrogen-bond donors (Lipinski definition) is 1. The summed E-state index contributed by atoms with van der Waals surface area (Å²) < 4.78 is 17.2. The van der Waals surface area contributed by atoms with Gasteiger partial charge in [0.25, 0.3) is 5.91 Å². The van der Waals surface area contributed by atoms with E-state index in [0.717, 1.165) is 36.1 Å². The molecular formula is C29H38N2O7. The van der Waals surface area contributed by atoms with E-state index in [4.69, 9.17) is 19.0 Å². The number of ether oxygens (including phenoxy) is 3. The molecule has 0 spiro atoms. The summed E-state index contributed by atoms with van der Waals surface area (Å²) >= 11 is 0. The van der Waals surface area contributed by atoms with Crippen molar-refractivity contribution in [2.24, 2.45) is 5.92 Å². The number of carboxylic acids is 1. The molecule has 0 unspecified atom stereocenters. The molecule has 0 bridgehead atoms. The van der Waals surface area contributed by atoms with Gasteiger partial charge in [0.1, 0.15) is 12.4 Å². The summed E-state index contributed by atoms with van der Waals surface area (Å²) in [6, 6.07) is 12.7. The van der Waals surface area contributed by atoms with E-state index in [1.807, 2.05) is 43.0 Å². The summed E-state index contributed by atoms with van der Waals surface area (Å²) in [7, 11) is 1.56. The van der Waals surface area contributed by atoms with Crippen molar-refractivity contribution in [3.8, 4) is 17.2 Å². The average Bonchev–Trinajstić information content (AvgIpc) is 3.54. The van der Waals surface area contributed by atoms with Crippen LogP contribution in [0.25, 0.3) is 0 Å². The maximum absolute atomic E-state index is 13.3. The summed E-state index contributed by atoms with van der Waals surface area (Å²) in [5.74, 6) is -0.231. The number of likely N-dealkylation sites (tertiary alicyclic amines) is 1. The predicted octanol–water partition coefficient (Wildman–Crippen LogP) is 3.76. The van der Waals surface area contributed by atoms with Crippen molar-refractivity contribution >= 4 is 11.9 Å². The van der Waals surface area contributed by atoms with Crippen molar-refractivity contribution in [2.45, 2.75) is 45.1 Å². The first kappa shape index (κ1) is 27.7. The molecule has 1 amide bonds. The second-order valence-electron chi connectivity index (χ2n) is 9.72. The van der Waals surface area contributed by atoms with Gasteiger partial charge in [-0.25, -0.2) is 5.06 Å². The van der Waals surface area contributed by atoms with E-state index in [0.29, 0.717) is 37.8 Å². The van der Waals surface area contributed by atoms with Crippen LogP contribution in [0.5, 0.6) is 17.2 Å². The highest BCUT2D eigenvalue weighted by molar-refractivity contribution is 5.78. The lowest BCUT2D eigenvalue weighted by molar-refractivity contribution is -0.188. The third-order valence-corrected chi connectivity index (χ3v) is 7.15. The number of methoxy groups -OCH3 is 1. The fraction of sp³-hybridized carbons (Fsp3) is 0.517. The Balaban J connectivity index is 1.62. The number of hydrogen-bond acceptors (Lipinski definition) is 7. The van der Waals surface area contributed by atoms with Gasteiger partial charge in [-0.2, -0.15) is 0 Å². The Kier molecular flexibility index (Phi) is 9.47. The monoisotopic (exact) mass is 526 g/mol. The molecule has 9 heteroatoms. The topological polar surface area (TPSA) is 97.8 Å². The molecule has 3 atom stereocenters. The first-order valence-electron chi connectivity index (χ1n) is 13.4. The minimum atomic E-state index is -0.914. The number of nitrogens with zero attached hydrogens (tertiary/aromatic N) is 2. The molecule has 2 aromatic rings. The van der Waals surface area contributed by atoms with Crippen molar-refractivity contribution in [1.82, 2.24) is 9.96 Å². The molecule has 38 heavy (non-hydrogen) atoms. The van der Waals surface area contributed by atoms with Gasteiger partial charge in [0.15, 0.2) is 11.5 Å². The van der Waals surface area contributed by atoms with Crippen LogP contribution in [-0.4, -0.2) is 79.6 Å². The number of para-hydroxylation sites is 2. The lowest BCUT2D eigenvalue weighted by Gasteiger charge is -2.29. The Hall–Kier alpha value is -3.30. The van der Waals surface area contributed by atoms with E-state index in [-0.39, 0.29) is 25.0 Å². The van der Waals surface area contributed by atoms with Gasteiger partial charge in [-0.05, 0) is 42.2 Å². The Morgan fingerprint density at radius 1 is 1.13 bits per heavy atom. The molecule has 2 aliphatic rings. The quantitative estimate of drug-likeness (QED) is 0.394. The first-order valence-corrected chi connectivity index (χ1v) is 13.4. The Morgan fingerprint density at radius 2 is 1.92 bits per heavy atom. The molecule has 2 heterocycles. The molecule has 0 aliphatic carbocycles. The van der Waals surface area contributed by atoms with Crippen molar-refractivity contribution < 1.29 is 33.7 Å². The van der Waals surface area contributed by atoms with Crippen LogP contribution in [-0.2, 0) is 20.8 Å². The minimum absolute atomic E-state index is 0.0397. The number of fused-ring (bicyclic) bond motifs is 1. The number of carbonyl (C=O) groups excluding carboxylic acids is 1. The van der Waals surface area contributed by atoms with Crippen LogP contribution in [0.3, 0.4) is 0 Å². The lowest BCUT2D eigenvalue weighted by Crippen LogP contribution is -2.46. The first-order chi connectivity index (χ1) is 18.5. The maximum atomic E-state index is 13.3. The Morgan fingerprint density at radius 3 is 2.63 bits per heavy atom. The van der Waals surface area contributed by atoms with Crippen LogP contribution in [0, 0.1) is 5.92 Å². The van der Waals surface area contributed by atoms with Crippen molar-refractivity contribution in [2.75, 3.05) is 46.6 Å². The fourth-order valence-corrected chi connectivity index (χ4v) is 5.31. The molecule has 1 fully saturated rings. The van der Waals surface area contributed by atoms with Gasteiger partial charge in [-0.3, -0.25) is 19.3 Å². The highest BCUT2D eigenvalue weighted by Crippen LogP contribution is 2.40. The number of carbonyl (C=O) groups is 2. The van der Waals surface area contributed by atoms with E-state index in [2.05, 4.69) is 6.07 Å². The maximum Gasteiger partial charge on any atom is 0.308 e. The lowest BCUT2D eigenvalue weighted by atomic mass is 9.84. The molecule has 1 N–H and O–H groups in total. The normalized spacial score (nSPS) is 20.6. The molecule has 0 aromatic heterocycles. The molecule has 2 aromatic carbocycles. The van der Waals surface area contributed by atoms with Gasteiger partial charge in [0, 0.05) is 25.4 Å². The van der Waals surface area contributed by atoms with Crippen molar-refractivity contribution in [3.05, 3.63) is 53.6 Å². The second kappa shape index (κ2) is 13.0. The highest BCUT2D eigenvalue weighted by Gasteiger charge is 2.48. The van der Waals surface area contributed by atoms with Gasteiger partial charge in [0.2, 0.25) is 0 Å². The fourth-order valence-electron chi connectivity index (χ4n) is 5.31. The Bertz CT molecular complexity index is 1110. The van der Waals surface area contributed by atoms with Crippen LogP contribution in [0.1, 0.15) is 43.7 Å². The van der Waals surface area contributed by atoms with Crippen LogP contribution < -0.4 is 14.2 Å². The smallest absolute Gasteiger partial charge is 0.308 e. The average molecular weight is 527 g/mol. The third-order valence-electron chi connectivity index (χ3n) is 7.15. The molecule has 206 valence electrons. The molecule has 4 rings (SSSR count). The zero-order valence-electron chi connectivity index (χ0n) is 22.4.